The minimum absolute atomic E-state index is 0.931. The summed E-state index contributed by atoms with van der Waals surface area (Å²) >= 11 is 0. The number of allylic oxidation sites excluding steroid dienone is 8. The van der Waals surface area contributed by atoms with Gasteiger partial charge >= 0.3 is 0 Å². The van der Waals surface area contributed by atoms with E-state index in [1.807, 2.05) is 0 Å². The van der Waals surface area contributed by atoms with Gasteiger partial charge in [-0.1, -0.05) is 140 Å². The van der Waals surface area contributed by atoms with Gasteiger partial charge in [-0.15, -0.1) is 0 Å². The molecule has 0 radical (unpaired) electrons. The molecule has 0 N–H and O–H groups in total. The fourth-order valence-corrected chi connectivity index (χ4v) is 7.56. The summed E-state index contributed by atoms with van der Waals surface area (Å²) in [6.07, 6.45) is 15.3. The van der Waals surface area contributed by atoms with E-state index in [2.05, 4.69) is 192 Å². The first-order valence-corrected chi connectivity index (χ1v) is 17.6. The van der Waals surface area contributed by atoms with Crippen molar-refractivity contribution in [2.75, 3.05) is 4.90 Å². The van der Waals surface area contributed by atoms with Crippen LogP contribution in [0.5, 0.6) is 0 Å². The van der Waals surface area contributed by atoms with Crippen LogP contribution in [-0.4, -0.2) is 4.57 Å². The molecule has 0 amide bonds. The van der Waals surface area contributed by atoms with Crippen molar-refractivity contribution in [2.24, 2.45) is 0 Å². The minimum Gasteiger partial charge on any atom is -0.314 e. The Kier molecular flexibility index (Phi) is 7.72. The van der Waals surface area contributed by atoms with Crippen LogP contribution in [0.25, 0.3) is 55.3 Å². The van der Waals surface area contributed by atoms with Crippen LogP contribution in [0.15, 0.2) is 176 Å². The highest BCUT2D eigenvalue weighted by molar-refractivity contribution is 6.10. The topological polar surface area (TPSA) is 8.17 Å². The normalized spacial score (nSPS) is 14.2. The van der Waals surface area contributed by atoms with Crippen LogP contribution in [0.4, 0.5) is 11.4 Å². The lowest BCUT2D eigenvalue weighted by Crippen LogP contribution is -2.18. The second-order valence-corrected chi connectivity index (χ2v) is 13.0. The highest BCUT2D eigenvalue weighted by atomic mass is 15.2. The Morgan fingerprint density at radius 3 is 2.04 bits per heavy atom. The maximum absolute atomic E-state index is 3.62. The van der Waals surface area contributed by atoms with Gasteiger partial charge in [0.1, 0.15) is 0 Å². The van der Waals surface area contributed by atoms with Gasteiger partial charge in [0.25, 0.3) is 0 Å². The molecule has 0 atom stereocenters. The summed E-state index contributed by atoms with van der Waals surface area (Å²) in [7, 11) is 0. The molecule has 50 heavy (non-hydrogen) atoms. The smallest absolute Gasteiger partial charge is 0.0634 e. The zero-order valence-electron chi connectivity index (χ0n) is 27.9. The molecule has 7 aromatic rings. The first-order valence-electron chi connectivity index (χ1n) is 17.6. The van der Waals surface area contributed by atoms with Crippen molar-refractivity contribution in [1.82, 2.24) is 4.57 Å². The lowest BCUT2D eigenvalue weighted by Gasteiger charge is -2.31. The van der Waals surface area contributed by atoms with Crippen molar-refractivity contribution in [2.45, 2.75) is 25.7 Å². The molecule has 0 aliphatic heterocycles. The maximum atomic E-state index is 3.62. The van der Waals surface area contributed by atoms with Crippen molar-refractivity contribution in [1.29, 1.82) is 0 Å². The Labute approximate surface area is 294 Å². The lowest BCUT2D eigenvalue weighted by atomic mass is 9.94. The molecular weight excluding hydrogens is 605 g/mol. The van der Waals surface area contributed by atoms with E-state index in [1.165, 1.54) is 50.1 Å². The van der Waals surface area contributed by atoms with E-state index < -0.39 is 0 Å². The van der Waals surface area contributed by atoms with Gasteiger partial charge < -0.3 is 9.47 Å². The molecule has 2 nitrogen and oxygen atoms in total. The Morgan fingerprint density at radius 2 is 1.28 bits per heavy atom. The SMILES string of the molecule is c1c(-c2ccccc2N(C2=CC=C(c3ccccc3)CC2)c2ccc(-c3ccccc3)cc2)cc2c(c#1)c1ccccc1n2C1=CC=CCC1. The summed E-state index contributed by atoms with van der Waals surface area (Å²) in [5.74, 6) is 0. The van der Waals surface area contributed by atoms with Crippen molar-refractivity contribution in [3.8, 4) is 22.3 Å². The summed E-state index contributed by atoms with van der Waals surface area (Å²) < 4.78 is 2.43. The fraction of sp³-hybridized carbons (Fsp3) is 0.0833. The zero-order valence-corrected chi connectivity index (χ0v) is 27.9. The number of fused-ring (bicyclic) bond motifs is 3. The molecule has 6 aromatic carbocycles. The van der Waals surface area contributed by atoms with Crippen LogP contribution in [0.1, 0.15) is 31.2 Å². The Hall–Kier alpha value is -6.30. The molecule has 0 saturated carbocycles. The quantitative estimate of drug-likeness (QED) is 0.168. The molecule has 2 heteroatoms. The third-order valence-corrected chi connectivity index (χ3v) is 10.0. The third kappa shape index (κ3) is 5.44. The highest BCUT2D eigenvalue weighted by Gasteiger charge is 2.22. The second kappa shape index (κ2) is 13.0. The number of rotatable bonds is 7. The molecule has 0 fully saturated rings. The largest absolute Gasteiger partial charge is 0.314 e. The summed E-state index contributed by atoms with van der Waals surface area (Å²) in [5, 5.41) is 2.32. The van der Waals surface area contributed by atoms with E-state index in [1.54, 1.807) is 0 Å². The van der Waals surface area contributed by atoms with Crippen LogP contribution in [0.2, 0.25) is 0 Å². The zero-order chi connectivity index (χ0) is 33.3. The first kappa shape index (κ1) is 29.8. The number of nitrogens with zero attached hydrogens (tertiary/aromatic N) is 2. The van der Waals surface area contributed by atoms with Crippen LogP contribution < -0.4 is 4.90 Å². The Balaban J connectivity index is 1.20. The van der Waals surface area contributed by atoms with E-state index in [0.717, 1.165) is 53.6 Å². The van der Waals surface area contributed by atoms with Crippen molar-refractivity contribution < 1.29 is 0 Å². The predicted molar refractivity (Wildman–Crippen MR) is 211 cm³/mol. The van der Waals surface area contributed by atoms with Gasteiger partial charge in [-0.05, 0) is 90.4 Å². The molecule has 9 rings (SSSR count). The van der Waals surface area contributed by atoms with Crippen LogP contribution in [-0.2, 0) is 0 Å². The molecule has 0 spiro atoms. The molecular formula is C48H36N2. The molecule has 0 bridgehead atoms. The van der Waals surface area contributed by atoms with Crippen LogP contribution in [0, 0.1) is 12.1 Å². The number of anilines is 2. The molecule has 2 aliphatic rings. The second-order valence-electron chi connectivity index (χ2n) is 13.0. The van der Waals surface area contributed by atoms with Crippen molar-refractivity contribution in [3.05, 3.63) is 193 Å². The minimum atomic E-state index is 0.931. The first-order chi connectivity index (χ1) is 24.8. The van der Waals surface area contributed by atoms with Gasteiger partial charge in [0, 0.05) is 33.6 Å². The number of hydrogen-bond donors (Lipinski definition) is 0. The predicted octanol–water partition coefficient (Wildman–Crippen LogP) is 12.8. The summed E-state index contributed by atoms with van der Waals surface area (Å²) in [5.41, 5.74) is 14.5. The Bertz CT molecular complexity index is 2460. The summed E-state index contributed by atoms with van der Waals surface area (Å²) in [6, 6.07) is 57.4. The summed E-state index contributed by atoms with van der Waals surface area (Å²) in [4.78, 5) is 2.45. The molecule has 0 unspecified atom stereocenters. The monoisotopic (exact) mass is 640 g/mol. The third-order valence-electron chi connectivity index (χ3n) is 10.0. The maximum Gasteiger partial charge on any atom is 0.0634 e. The number of para-hydroxylation sites is 2. The molecule has 2 aliphatic carbocycles. The van der Waals surface area contributed by atoms with Gasteiger partial charge in [-0.3, -0.25) is 0 Å². The number of aromatic nitrogens is 1. The van der Waals surface area contributed by atoms with Crippen molar-refractivity contribution in [3.63, 3.8) is 0 Å². The van der Waals surface area contributed by atoms with E-state index >= 15 is 0 Å². The van der Waals surface area contributed by atoms with E-state index in [-0.39, 0.29) is 0 Å². The standard InChI is InChI=1S/C48H36N2/c1-4-14-35(15-5-1)37-24-29-41(30-25-37)49(42-31-26-38(27-32-42)36-16-6-2-7-17-36)46-22-12-10-20-43(46)39-28-33-45-44-21-11-13-23-47(44)50(48(45)34-39)40-18-8-3-9-19-40/h1-8,10-18,20-26,29-31,34H,9,19,27,32H2. The van der Waals surface area contributed by atoms with Gasteiger partial charge in [-0.25, -0.2) is 0 Å². The molecule has 0 saturated heterocycles. The van der Waals surface area contributed by atoms with Gasteiger partial charge in [0.15, 0.2) is 0 Å². The average molecular weight is 641 g/mol. The molecule has 238 valence electrons. The van der Waals surface area contributed by atoms with Crippen molar-refractivity contribution >= 4 is 44.5 Å². The highest BCUT2D eigenvalue weighted by Crippen LogP contribution is 2.42. The van der Waals surface area contributed by atoms with E-state index in [0.29, 0.717) is 0 Å². The van der Waals surface area contributed by atoms with E-state index in [9.17, 15) is 0 Å². The fourth-order valence-electron chi connectivity index (χ4n) is 7.56. The number of hydrogen-bond acceptors (Lipinski definition) is 1. The molecule has 1 heterocycles. The van der Waals surface area contributed by atoms with Gasteiger partial charge in [0.2, 0.25) is 0 Å². The Morgan fingerprint density at radius 1 is 0.560 bits per heavy atom. The van der Waals surface area contributed by atoms with Crippen LogP contribution in [0.3, 0.4) is 0 Å². The number of benzene rings is 5. The molecule has 1 aromatic heterocycles. The van der Waals surface area contributed by atoms with E-state index in [4.69, 9.17) is 0 Å². The van der Waals surface area contributed by atoms with Crippen LogP contribution >= 0.6 is 0 Å². The lowest BCUT2D eigenvalue weighted by molar-refractivity contribution is 0.930. The van der Waals surface area contributed by atoms with Gasteiger partial charge in [0.05, 0.1) is 22.1 Å². The summed E-state index contributed by atoms with van der Waals surface area (Å²) in [6.45, 7) is 0. The average Bonchev–Trinajstić information content (AvgIpc) is 3.53. The van der Waals surface area contributed by atoms with Gasteiger partial charge in [-0.2, -0.15) is 0 Å².